The molecule has 2 aliphatic rings. The molecule has 1 unspecified atom stereocenters. The molecule has 7 nitrogen and oxygen atoms in total. The predicted molar refractivity (Wildman–Crippen MR) is 109 cm³/mol. The van der Waals surface area contributed by atoms with Gasteiger partial charge in [0.15, 0.2) is 28.3 Å². The number of allylic oxidation sites excluding steroid dienone is 1. The fourth-order valence-electron chi connectivity index (χ4n) is 3.24. The van der Waals surface area contributed by atoms with E-state index in [1.807, 2.05) is 0 Å². The molecule has 1 aromatic carbocycles. The van der Waals surface area contributed by atoms with E-state index in [0.717, 1.165) is 29.6 Å². The van der Waals surface area contributed by atoms with E-state index >= 15 is 0 Å². The first-order valence-electron chi connectivity index (χ1n) is 9.32. The first-order valence-corrected chi connectivity index (χ1v) is 10.1. The topological polar surface area (TPSA) is 91.7 Å². The molecule has 0 bridgehead atoms. The highest BCUT2D eigenvalue weighted by Gasteiger charge is 2.44. The molecule has 0 saturated heterocycles. The second kappa shape index (κ2) is 8.38. The van der Waals surface area contributed by atoms with Gasteiger partial charge in [0.1, 0.15) is 5.92 Å². The molecule has 0 aliphatic carbocycles. The van der Waals surface area contributed by atoms with Crippen LogP contribution in [0.4, 0.5) is 8.78 Å². The molecule has 4 rings (SSSR count). The van der Waals surface area contributed by atoms with Crippen molar-refractivity contribution in [2.24, 2.45) is 10.9 Å². The average molecular weight is 442 g/mol. The van der Waals surface area contributed by atoms with Crippen LogP contribution < -0.4 is 5.32 Å². The second-order valence-corrected chi connectivity index (χ2v) is 7.93. The van der Waals surface area contributed by atoms with Crippen LogP contribution in [-0.2, 0) is 27.3 Å². The highest BCUT2D eigenvalue weighted by molar-refractivity contribution is 8.14. The van der Waals surface area contributed by atoms with Crippen LogP contribution in [0.2, 0.25) is 0 Å². The van der Waals surface area contributed by atoms with Gasteiger partial charge < -0.3 is 5.32 Å². The lowest BCUT2D eigenvalue weighted by Crippen LogP contribution is -2.41. The number of aliphatic imine (C=N–C) groups is 1. The van der Waals surface area contributed by atoms with Crippen molar-refractivity contribution in [3.63, 3.8) is 0 Å². The molecule has 1 aromatic heterocycles. The van der Waals surface area contributed by atoms with Crippen molar-refractivity contribution in [2.75, 3.05) is 0 Å². The Balaban J connectivity index is 1.49. The number of halogens is 2. The van der Waals surface area contributed by atoms with E-state index in [1.165, 1.54) is 17.3 Å². The van der Waals surface area contributed by atoms with Gasteiger partial charge in [-0.05, 0) is 48.7 Å². The van der Waals surface area contributed by atoms with Gasteiger partial charge in [-0.2, -0.15) is 0 Å². The zero-order chi connectivity index (χ0) is 22.1. The van der Waals surface area contributed by atoms with Crippen LogP contribution in [0.15, 0.2) is 59.1 Å². The quantitative estimate of drug-likeness (QED) is 0.568. The average Bonchev–Trinajstić information content (AvgIpc) is 3.23. The van der Waals surface area contributed by atoms with E-state index < -0.39 is 35.1 Å². The zero-order valence-electron chi connectivity index (χ0n) is 16.3. The number of pyridine rings is 1. The Hall–Kier alpha value is -3.40. The normalized spacial score (nSPS) is 18.2. The number of hydrogen-bond acceptors (Lipinski definition) is 6. The van der Waals surface area contributed by atoms with Gasteiger partial charge >= 0.3 is 0 Å². The number of rotatable bonds is 5. The van der Waals surface area contributed by atoms with Crippen LogP contribution >= 0.6 is 11.9 Å². The number of fused-ring (bicyclic) bond motifs is 1. The van der Waals surface area contributed by atoms with Gasteiger partial charge in [-0.25, -0.2) is 18.1 Å². The van der Waals surface area contributed by atoms with Crippen LogP contribution in [0.25, 0.3) is 0 Å². The summed E-state index contributed by atoms with van der Waals surface area (Å²) in [5.41, 5.74) is 1.40. The largest absolute Gasteiger partial charge is 0.346 e. The lowest BCUT2D eigenvalue weighted by atomic mass is 9.88. The van der Waals surface area contributed by atoms with Crippen LogP contribution in [0, 0.1) is 17.6 Å². The number of Topliss-reactive ketones (excluding diaryl/α,β-unsaturated/α-hetero) is 1. The fraction of sp³-hybridized carbons (Fsp3) is 0.190. The molecule has 31 heavy (non-hydrogen) atoms. The molecule has 0 saturated carbocycles. The number of nitrogens with one attached hydrogen (secondary N) is 1. The van der Waals surface area contributed by atoms with E-state index in [9.17, 15) is 23.2 Å². The molecule has 1 atom stereocenters. The summed E-state index contributed by atoms with van der Waals surface area (Å²) in [6, 6.07) is 6.76. The first-order chi connectivity index (χ1) is 14.8. The Bertz CT molecular complexity index is 1150. The van der Waals surface area contributed by atoms with E-state index in [-0.39, 0.29) is 29.4 Å². The third kappa shape index (κ3) is 4.11. The summed E-state index contributed by atoms with van der Waals surface area (Å²) in [6.45, 7) is 1.78. The van der Waals surface area contributed by atoms with E-state index in [2.05, 4.69) is 15.3 Å². The molecule has 0 spiro atoms. The molecule has 2 aliphatic heterocycles. The van der Waals surface area contributed by atoms with Gasteiger partial charge in [-0.3, -0.25) is 19.4 Å². The summed E-state index contributed by atoms with van der Waals surface area (Å²) < 4.78 is 27.9. The van der Waals surface area contributed by atoms with Crippen molar-refractivity contribution in [1.82, 2.24) is 14.6 Å². The van der Waals surface area contributed by atoms with Crippen molar-refractivity contribution in [3.05, 3.63) is 76.9 Å². The van der Waals surface area contributed by atoms with E-state index in [4.69, 9.17) is 0 Å². The van der Waals surface area contributed by atoms with Crippen molar-refractivity contribution in [2.45, 2.75) is 19.9 Å². The number of amides is 2. The number of ketones is 1. The highest BCUT2D eigenvalue weighted by Crippen LogP contribution is 2.38. The fourth-order valence-corrected chi connectivity index (χ4v) is 4.17. The Morgan fingerprint density at radius 2 is 1.87 bits per heavy atom. The highest BCUT2D eigenvalue weighted by atomic mass is 32.2. The maximum Gasteiger partial charge on any atom is 0.278 e. The molecule has 2 aromatic rings. The molecular weight excluding hydrogens is 426 g/mol. The number of nitrogens with zero attached hydrogens (tertiary/aromatic N) is 3. The van der Waals surface area contributed by atoms with Crippen LogP contribution in [0.1, 0.15) is 18.1 Å². The molecule has 3 heterocycles. The summed E-state index contributed by atoms with van der Waals surface area (Å²) >= 11 is 0.837. The third-order valence-electron chi connectivity index (χ3n) is 4.92. The molecule has 2 amide bonds. The number of benzene rings is 1. The minimum absolute atomic E-state index is 0.0398. The second-order valence-electron chi connectivity index (χ2n) is 7.00. The lowest BCUT2D eigenvalue weighted by Gasteiger charge is -2.27. The van der Waals surface area contributed by atoms with Crippen LogP contribution in [0.3, 0.4) is 0 Å². The monoisotopic (exact) mass is 442 g/mol. The SMILES string of the molecule is CC1=C2N=C(C(=O)NCc3ccncc3)SN2C(=O)C(Cc2ccc(F)c(F)c2)C1=O. The number of carbonyl (C=O) groups is 3. The van der Waals surface area contributed by atoms with Crippen molar-refractivity contribution >= 4 is 34.6 Å². The van der Waals surface area contributed by atoms with E-state index in [0.29, 0.717) is 5.56 Å². The Labute approximate surface area is 180 Å². The lowest BCUT2D eigenvalue weighted by molar-refractivity contribution is -0.136. The first kappa shape index (κ1) is 20.9. The Morgan fingerprint density at radius 3 is 2.58 bits per heavy atom. The molecule has 0 radical (unpaired) electrons. The number of aromatic nitrogens is 1. The van der Waals surface area contributed by atoms with Gasteiger partial charge in [0.2, 0.25) is 5.91 Å². The molecular formula is C21H16F2N4O3S. The van der Waals surface area contributed by atoms with Crippen molar-refractivity contribution in [3.8, 4) is 0 Å². The van der Waals surface area contributed by atoms with Crippen LogP contribution in [-0.4, -0.2) is 31.9 Å². The van der Waals surface area contributed by atoms with Crippen LogP contribution in [0.5, 0.6) is 0 Å². The van der Waals surface area contributed by atoms with Gasteiger partial charge in [-0.15, -0.1) is 0 Å². The molecule has 1 N–H and O–H groups in total. The smallest absolute Gasteiger partial charge is 0.278 e. The standard InChI is InChI=1S/C21H16F2N4O3S/c1-11-17(28)14(8-13-2-3-15(22)16(23)9-13)21(30)27-18(11)26-20(31-27)19(29)25-10-12-4-6-24-7-5-12/h2-7,9,14H,8,10H2,1H3,(H,25,29). The number of hydrogen-bond donors (Lipinski definition) is 1. The van der Waals surface area contributed by atoms with E-state index in [1.54, 1.807) is 24.5 Å². The molecule has 0 fully saturated rings. The maximum absolute atomic E-state index is 13.5. The Kier molecular flexibility index (Phi) is 5.64. The Morgan fingerprint density at radius 1 is 1.13 bits per heavy atom. The molecule has 158 valence electrons. The van der Waals surface area contributed by atoms with Gasteiger partial charge in [0.25, 0.3) is 5.91 Å². The minimum Gasteiger partial charge on any atom is -0.346 e. The minimum atomic E-state index is -1.10. The summed E-state index contributed by atoms with van der Waals surface area (Å²) in [4.78, 5) is 46.3. The summed E-state index contributed by atoms with van der Waals surface area (Å²) in [5.74, 6) is -4.52. The van der Waals surface area contributed by atoms with Gasteiger partial charge in [-0.1, -0.05) is 6.07 Å². The van der Waals surface area contributed by atoms with Gasteiger partial charge in [0.05, 0.1) is 0 Å². The van der Waals surface area contributed by atoms with Crippen molar-refractivity contribution in [1.29, 1.82) is 0 Å². The number of carbonyl (C=O) groups excluding carboxylic acids is 3. The predicted octanol–water partition coefficient (Wildman–Crippen LogP) is 2.54. The zero-order valence-corrected chi connectivity index (χ0v) is 17.1. The third-order valence-corrected chi connectivity index (χ3v) is 5.90. The summed E-state index contributed by atoms with van der Waals surface area (Å²) in [6.07, 6.45) is 3.13. The van der Waals surface area contributed by atoms with Gasteiger partial charge in [0, 0.05) is 36.5 Å². The summed E-state index contributed by atoms with van der Waals surface area (Å²) in [7, 11) is 0. The molecule has 10 heteroatoms. The summed E-state index contributed by atoms with van der Waals surface area (Å²) in [5, 5.41) is 2.75. The maximum atomic E-state index is 13.5. The van der Waals surface area contributed by atoms with Crippen molar-refractivity contribution < 1.29 is 23.2 Å².